The smallest absolute Gasteiger partial charge is 0.126 e. The first kappa shape index (κ1) is 13.7. The molecule has 0 radical (unpaired) electrons. The monoisotopic (exact) mass is 269 g/mol. The number of aliphatic hydroxyl groups excluding tert-OH is 1. The third kappa shape index (κ3) is 2.98. The van der Waals surface area contributed by atoms with E-state index in [-0.39, 0.29) is 5.82 Å². The second-order valence-corrected chi connectivity index (χ2v) is 6.01. The third-order valence-electron chi connectivity index (χ3n) is 3.32. The highest BCUT2D eigenvalue weighted by atomic mass is 32.2. The number of aryl methyl sites for hydroxylation is 1. The molecule has 0 bridgehead atoms. The molecule has 1 aliphatic heterocycles. The lowest BCUT2D eigenvalue weighted by Gasteiger charge is -2.27. The van der Waals surface area contributed by atoms with Crippen LogP contribution < -0.4 is 4.90 Å². The number of anilines is 1. The Labute approximate surface area is 112 Å². The zero-order chi connectivity index (χ0) is 13.1. The molecule has 1 atom stereocenters. The Kier molecular flexibility index (Phi) is 4.51. The normalized spacial score (nSPS) is 18.6. The molecule has 0 unspecified atom stereocenters. The third-order valence-corrected chi connectivity index (χ3v) is 4.37. The fourth-order valence-electron chi connectivity index (χ4n) is 2.28. The summed E-state index contributed by atoms with van der Waals surface area (Å²) in [4.78, 5) is 2.27. The molecule has 1 aliphatic rings. The minimum absolute atomic E-state index is 0.237. The summed E-state index contributed by atoms with van der Waals surface area (Å²) in [5, 5.41) is 9.82. The van der Waals surface area contributed by atoms with Crippen LogP contribution in [0.1, 0.15) is 30.6 Å². The highest BCUT2D eigenvalue weighted by Crippen LogP contribution is 2.30. The number of nitrogens with zero attached hydrogens (tertiary/aromatic N) is 1. The van der Waals surface area contributed by atoms with Crippen LogP contribution in [0.5, 0.6) is 0 Å². The molecule has 1 fully saturated rings. The summed E-state index contributed by atoms with van der Waals surface area (Å²) in [6.45, 7) is 5.42. The van der Waals surface area contributed by atoms with Crippen LogP contribution >= 0.6 is 11.8 Å². The van der Waals surface area contributed by atoms with E-state index in [1.54, 1.807) is 13.8 Å². The molecule has 0 aliphatic carbocycles. The molecule has 2 rings (SSSR count). The zero-order valence-corrected chi connectivity index (χ0v) is 11.8. The van der Waals surface area contributed by atoms with Gasteiger partial charge in [-0.15, -0.1) is 0 Å². The summed E-state index contributed by atoms with van der Waals surface area (Å²) in [6, 6.07) is 3.35. The first-order valence-corrected chi connectivity index (χ1v) is 7.56. The Morgan fingerprint density at radius 2 is 2.11 bits per heavy atom. The average molecular weight is 269 g/mol. The molecule has 0 aromatic heterocycles. The van der Waals surface area contributed by atoms with E-state index in [2.05, 4.69) is 4.90 Å². The average Bonchev–Trinajstić information content (AvgIpc) is 2.60. The molecule has 1 N–H and O–H groups in total. The molecule has 0 spiro atoms. The summed E-state index contributed by atoms with van der Waals surface area (Å²) in [5.41, 5.74) is 2.34. The fourth-order valence-corrected chi connectivity index (χ4v) is 3.16. The highest BCUT2D eigenvalue weighted by Gasteiger charge is 2.18. The van der Waals surface area contributed by atoms with Crippen LogP contribution in [0.25, 0.3) is 0 Å². The molecule has 1 saturated heterocycles. The first-order chi connectivity index (χ1) is 8.59. The molecule has 1 aromatic rings. The van der Waals surface area contributed by atoms with Crippen molar-refractivity contribution in [2.24, 2.45) is 0 Å². The van der Waals surface area contributed by atoms with E-state index < -0.39 is 6.10 Å². The van der Waals surface area contributed by atoms with Crippen LogP contribution in [-0.4, -0.2) is 29.7 Å². The van der Waals surface area contributed by atoms with Crippen molar-refractivity contribution in [3.63, 3.8) is 0 Å². The van der Waals surface area contributed by atoms with Gasteiger partial charge in [-0.3, -0.25) is 0 Å². The van der Waals surface area contributed by atoms with Crippen LogP contribution in [0, 0.1) is 12.7 Å². The summed E-state index contributed by atoms with van der Waals surface area (Å²) < 4.78 is 13.6. The van der Waals surface area contributed by atoms with Crippen LogP contribution in [0.4, 0.5) is 10.1 Å². The Morgan fingerprint density at radius 1 is 1.33 bits per heavy atom. The van der Waals surface area contributed by atoms with Gasteiger partial charge < -0.3 is 10.0 Å². The maximum atomic E-state index is 13.6. The van der Waals surface area contributed by atoms with Crippen molar-refractivity contribution in [2.45, 2.75) is 26.4 Å². The molecule has 4 heteroatoms. The fraction of sp³-hybridized carbons (Fsp3) is 0.571. The van der Waals surface area contributed by atoms with Gasteiger partial charge in [-0.1, -0.05) is 0 Å². The van der Waals surface area contributed by atoms with E-state index in [0.717, 1.165) is 31.0 Å². The summed E-state index contributed by atoms with van der Waals surface area (Å²) in [6.07, 6.45) is 0.506. The van der Waals surface area contributed by atoms with Crippen molar-refractivity contribution >= 4 is 17.4 Å². The van der Waals surface area contributed by atoms with Crippen LogP contribution in [-0.2, 0) is 0 Å². The lowest BCUT2D eigenvalue weighted by Crippen LogP contribution is -2.27. The van der Waals surface area contributed by atoms with Gasteiger partial charge in [0.15, 0.2) is 0 Å². The largest absolute Gasteiger partial charge is 0.389 e. The van der Waals surface area contributed by atoms with Crippen molar-refractivity contribution in [2.75, 3.05) is 29.5 Å². The second-order valence-electron chi connectivity index (χ2n) is 4.79. The second kappa shape index (κ2) is 5.93. The van der Waals surface area contributed by atoms with Gasteiger partial charge >= 0.3 is 0 Å². The molecule has 1 heterocycles. The molecule has 0 saturated carbocycles. The minimum atomic E-state index is -0.633. The highest BCUT2D eigenvalue weighted by molar-refractivity contribution is 7.99. The van der Waals surface area contributed by atoms with Crippen LogP contribution in [0.2, 0.25) is 0 Å². The van der Waals surface area contributed by atoms with Crippen molar-refractivity contribution < 1.29 is 9.50 Å². The van der Waals surface area contributed by atoms with E-state index in [4.69, 9.17) is 0 Å². The topological polar surface area (TPSA) is 23.5 Å². The molecule has 18 heavy (non-hydrogen) atoms. The van der Waals surface area contributed by atoms with E-state index in [1.165, 1.54) is 11.8 Å². The summed E-state index contributed by atoms with van der Waals surface area (Å²) in [7, 11) is 0. The Bertz CT molecular complexity index is 415. The minimum Gasteiger partial charge on any atom is -0.389 e. The number of aliphatic hydroxyl groups is 1. The Balaban J connectivity index is 2.37. The standard InChI is InChI=1S/C14H20FNOS/c1-10-8-14(12(11(2)17)9-13(10)15)16-4-3-6-18-7-5-16/h8-9,11,17H,3-7H2,1-2H3/t11-/m0/s1. The van der Waals surface area contributed by atoms with Gasteiger partial charge in [-0.25, -0.2) is 4.39 Å². The quantitative estimate of drug-likeness (QED) is 0.892. The predicted molar refractivity (Wildman–Crippen MR) is 75.9 cm³/mol. The van der Waals surface area contributed by atoms with Crippen molar-refractivity contribution in [3.8, 4) is 0 Å². The Hall–Kier alpha value is -0.740. The predicted octanol–water partition coefficient (Wildman–Crippen LogP) is 3.13. The SMILES string of the molecule is Cc1cc(N2CCCSCC2)c([C@H](C)O)cc1F. The van der Waals surface area contributed by atoms with Crippen LogP contribution in [0.15, 0.2) is 12.1 Å². The first-order valence-electron chi connectivity index (χ1n) is 6.40. The molecular weight excluding hydrogens is 249 g/mol. The van der Waals surface area contributed by atoms with Crippen LogP contribution in [0.3, 0.4) is 0 Å². The van der Waals surface area contributed by atoms with E-state index >= 15 is 0 Å². The van der Waals surface area contributed by atoms with Gasteiger partial charge in [0.05, 0.1) is 6.10 Å². The van der Waals surface area contributed by atoms with Gasteiger partial charge in [0, 0.05) is 30.1 Å². The number of thioether (sulfide) groups is 1. The molecular formula is C14H20FNOS. The lowest BCUT2D eigenvalue weighted by molar-refractivity contribution is 0.199. The van der Waals surface area contributed by atoms with Gasteiger partial charge in [0.25, 0.3) is 0 Å². The van der Waals surface area contributed by atoms with Crippen molar-refractivity contribution in [1.82, 2.24) is 0 Å². The molecule has 1 aromatic carbocycles. The molecule has 100 valence electrons. The van der Waals surface area contributed by atoms with Crippen molar-refractivity contribution in [1.29, 1.82) is 0 Å². The van der Waals surface area contributed by atoms with Gasteiger partial charge in [0.2, 0.25) is 0 Å². The maximum Gasteiger partial charge on any atom is 0.126 e. The number of hydrogen-bond donors (Lipinski definition) is 1. The zero-order valence-electron chi connectivity index (χ0n) is 10.9. The molecule has 2 nitrogen and oxygen atoms in total. The van der Waals surface area contributed by atoms with E-state index in [9.17, 15) is 9.50 Å². The Morgan fingerprint density at radius 3 is 2.83 bits per heavy atom. The lowest BCUT2D eigenvalue weighted by atomic mass is 10.0. The van der Waals surface area contributed by atoms with E-state index in [0.29, 0.717) is 11.1 Å². The maximum absolute atomic E-state index is 13.6. The van der Waals surface area contributed by atoms with Gasteiger partial charge in [-0.05, 0) is 43.7 Å². The number of halogens is 1. The van der Waals surface area contributed by atoms with Gasteiger partial charge in [0.1, 0.15) is 5.82 Å². The number of hydrogen-bond acceptors (Lipinski definition) is 3. The summed E-state index contributed by atoms with van der Waals surface area (Å²) >= 11 is 1.96. The van der Waals surface area contributed by atoms with E-state index in [1.807, 2.05) is 17.8 Å². The van der Waals surface area contributed by atoms with Gasteiger partial charge in [-0.2, -0.15) is 11.8 Å². The number of benzene rings is 1. The summed E-state index contributed by atoms with van der Waals surface area (Å²) in [5.74, 6) is 2.04. The number of rotatable bonds is 2. The molecule has 0 amide bonds. The van der Waals surface area contributed by atoms with Crippen molar-refractivity contribution in [3.05, 3.63) is 29.1 Å².